The largest absolute Gasteiger partial charge is 0.344 e. The lowest BCUT2D eigenvalue weighted by molar-refractivity contribution is 0.495. The molecule has 102 valence electrons. The molecule has 0 bridgehead atoms. The predicted octanol–water partition coefficient (Wildman–Crippen LogP) is 3.57. The van der Waals surface area contributed by atoms with Crippen LogP contribution in [0.1, 0.15) is 37.8 Å². The first-order valence-electron chi connectivity index (χ1n) is 6.56. The molecule has 0 saturated heterocycles. The Morgan fingerprint density at radius 2 is 2.00 bits per heavy atom. The van der Waals surface area contributed by atoms with E-state index >= 15 is 0 Å². The molecule has 0 saturated carbocycles. The van der Waals surface area contributed by atoms with Crippen LogP contribution in [0.3, 0.4) is 0 Å². The summed E-state index contributed by atoms with van der Waals surface area (Å²) in [6, 6.07) is 6.51. The normalized spacial score (nSPS) is 12.9. The highest BCUT2D eigenvalue weighted by atomic mass is 19.1. The average molecular weight is 261 g/mol. The van der Waals surface area contributed by atoms with Crippen LogP contribution < -0.4 is 5.73 Å². The van der Waals surface area contributed by atoms with Crippen LogP contribution >= 0.6 is 0 Å². The molecule has 1 unspecified atom stereocenters. The third-order valence-corrected chi connectivity index (χ3v) is 3.11. The number of nitrogens with one attached hydrogen (secondary N) is 1. The molecule has 1 atom stereocenters. The van der Waals surface area contributed by atoms with Crippen LogP contribution in [0.5, 0.6) is 0 Å². The van der Waals surface area contributed by atoms with Crippen molar-refractivity contribution in [2.75, 3.05) is 0 Å². The van der Waals surface area contributed by atoms with Crippen LogP contribution in [0.15, 0.2) is 24.3 Å². The van der Waals surface area contributed by atoms with Gasteiger partial charge in [-0.05, 0) is 31.4 Å². The fourth-order valence-corrected chi connectivity index (χ4v) is 2.19. The summed E-state index contributed by atoms with van der Waals surface area (Å²) in [7, 11) is 0. The summed E-state index contributed by atoms with van der Waals surface area (Å²) in [6.45, 7) is 6.13. The molecule has 0 amide bonds. The fraction of sp³-hybridized carbons (Fsp3) is 0.400. The van der Waals surface area contributed by atoms with Gasteiger partial charge in [0, 0.05) is 11.3 Å². The SMILES string of the molecule is Cc1[nH]c(C(N)CC(C)C)nc1-c1ccccc1F. The van der Waals surface area contributed by atoms with Gasteiger partial charge in [-0.15, -0.1) is 0 Å². The molecule has 0 fully saturated rings. The van der Waals surface area contributed by atoms with Crippen molar-refractivity contribution >= 4 is 0 Å². The summed E-state index contributed by atoms with van der Waals surface area (Å²) in [6.07, 6.45) is 0.851. The Kier molecular flexibility index (Phi) is 4.00. The quantitative estimate of drug-likeness (QED) is 0.884. The number of imidazole rings is 1. The van der Waals surface area contributed by atoms with E-state index in [-0.39, 0.29) is 11.9 Å². The van der Waals surface area contributed by atoms with Crippen LogP contribution in [0, 0.1) is 18.7 Å². The smallest absolute Gasteiger partial charge is 0.132 e. The van der Waals surface area contributed by atoms with Crippen molar-refractivity contribution < 1.29 is 4.39 Å². The maximum absolute atomic E-state index is 13.8. The Morgan fingerprint density at radius 1 is 1.32 bits per heavy atom. The number of rotatable bonds is 4. The van der Waals surface area contributed by atoms with E-state index in [0.717, 1.165) is 17.9 Å². The van der Waals surface area contributed by atoms with Gasteiger partial charge in [-0.3, -0.25) is 0 Å². The molecule has 1 aromatic carbocycles. The monoisotopic (exact) mass is 261 g/mol. The second-order valence-electron chi connectivity index (χ2n) is 5.31. The zero-order valence-corrected chi connectivity index (χ0v) is 11.6. The maximum Gasteiger partial charge on any atom is 0.132 e. The predicted molar refractivity (Wildman–Crippen MR) is 75.1 cm³/mol. The first-order valence-corrected chi connectivity index (χ1v) is 6.56. The van der Waals surface area contributed by atoms with E-state index in [1.54, 1.807) is 18.2 Å². The molecule has 0 spiro atoms. The molecule has 0 aliphatic heterocycles. The highest BCUT2D eigenvalue weighted by Crippen LogP contribution is 2.26. The first-order chi connectivity index (χ1) is 8.99. The van der Waals surface area contributed by atoms with Crippen LogP contribution in [0.4, 0.5) is 4.39 Å². The third-order valence-electron chi connectivity index (χ3n) is 3.11. The molecule has 1 heterocycles. The highest BCUT2D eigenvalue weighted by molar-refractivity contribution is 5.62. The van der Waals surface area contributed by atoms with E-state index in [1.165, 1.54) is 6.07 Å². The van der Waals surface area contributed by atoms with Crippen LogP contribution in [-0.2, 0) is 0 Å². The second kappa shape index (κ2) is 5.53. The van der Waals surface area contributed by atoms with Gasteiger partial charge in [-0.25, -0.2) is 9.37 Å². The number of aryl methyl sites for hydroxylation is 1. The van der Waals surface area contributed by atoms with Gasteiger partial charge in [0.05, 0.1) is 11.7 Å². The Labute approximate surface area is 113 Å². The molecule has 0 radical (unpaired) electrons. The summed E-state index contributed by atoms with van der Waals surface area (Å²) in [5, 5.41) is 0. The zero-order valence-electron chi connectivity index (χ0n) is 11.6. The number of hydrogen-bond donors (Lipinski definition) is 2. The number of nitrogens with zero attached hydrogens (tertiary/aromatic N) is 1. The summed E-state index contributed by atoms with van der Waals surface area (Å²) in [5.41, 5.74) is 8.11. The van der Waals surface area contributed by atoms with Gasteiger partial charge in [-0.2, -0.15) is 0 Å². The Hall–Kier alpha value is -1.68. The van der Waals surface area contributed by atoms with Gasteiger partial charge < -0.3 is 10.7 Å². The van der Waals surface area contributed by atoms with Crippen LogP contribution in [0.25, 0.3) is 11.3 Å². The lowest BCUT2D eigenvalue weighted by Gasteiger charge is -2.10. The molecule has 3 N–H and O–H groups in total. The lowest BCUT2D eigenvalue weighted by Crippen LogP contribution is -2.14. The van der Waals surface area contributed by atoms with Gasteiger partial charge in [0.2, 0.25) is 0 Å². The first kappa shape index (κ1) is 13.7. The van der Waals surface area contributed by atoms with Gasteiger partial charge in [0.1, 0.15) is 11.6 Å². The molecule has 1 aromatic heterocycles. The van der Waals surface area contributed by atoms with Crippen molar-refractivity contribution in [2.24, 2.45) is 11.7 Å². The molecule has 2 aromatic rings. The minimum atomic E-state index is -0.263. The maximum atomic E-state index is 13.8. The minimum absolute atomic E-state index is 0.140. The summed E-state index contributed by atoms with van der Waals surface area (Å²) < 4.78 is 13.8. The van der Waals surface area contributed by atoms with Crippen molar-refractivity contribution in [3.63, 3.8) is 0 Å². The van der Waals surface area contributed by atoms with Gasteiger partial charge in [0.25, 0.3) is 0 Å². The van der Waals surface area contributed by atoms with E-state index in [4.69, 9.17) is 5.73 Å². The van der Waals surface area contributed by atoms with E-state index in [0.29, 0.717) is 17.2 Å². The van der Waals surface area contributed by atoms with Gasteiger partial charge in [-0.1, -0.05) is 26.0 Å². The molecular formula is C15H20FN3. The Morgan fingerprint density at radius 3 is 2.63 bits per heavy atom. The molecular weight excluding hydrogens is 241 g/mol. The molecule has 0 aliphatic carbocycles. The minimum Gasteiger partial charge on any atom is -0.344 e. The van der Waals surface area contributed by atoms with Crippen molar-refractivity contribution in [1.29, 1.82) is 0 Å². The average Bonchev–Trinajstić information content (AvgIpc) is 2.71. The van der Waals surface area contributed by atoms with Crippen LogP contribution in [0.2, 0.25) is 0 Å². The van der Waals surface area contributed by atoms with E-state index in [9.17, 15) is 4.39 Å². The molecule has 4 heteroatoms. The van der Waals surface area contributed by atoms with E-state index in [1.807, 2.05) is 6.92 Å². The zero-order chi connectivity index (χ0) is 14.0. The number of benzene rings is 1. The molecule has 2 rings (SSSR count). The fourth-order valence-electron chi connectivity index (χ4n) is 2.19. The molecule has 0 aliphatic rings. The number of aromatic nitrogens is 2. The third kappa shape index (κ3) is 3.01. The van der Waals surface area contributed by atoms with Gasteiger partial charge >= 0.3 is 0 Å². The van der Waals surface area contributed by atoms with E-state index < -0.39 is 0 Å². The number of halogens is 1. The summed E-state index contributed by atoms with van der Waals surface area (Å²) in [4.78, 5) is 7.65. The Balaban J connectivity index is 2.34. The Bertz CT molecular complexity index is 560. The lowest BCUT2D eigenvalue weighted by atomic mass is 10.0. The standard InChI is InChI=1S/C15H20FN3/c1-9(2)8-13(17)15-18-10(3)14(19-15)11-6-4-5-7-12(11)16/h4-7,9,13H,8,17H2,1-3H3,(H,18,19). The number of aromatic amines is 1. The molecule has 3 nitrogen and oxygen atoms in total. The second-order valence-corrected chi connectivity index (χ2v) is 5.31. The van der Waals surface area contributed by atoms with Crippen molar-refractivity contribution in [3.8, 4) is 11.3 Å². The molecule has 19 heavy (non-hydrogen) atoms. The van der Waals surface area contributed by atoms with Crippen molar-refractivity contribution in [2.45, 2.75) is 33.2 Å². The van der Waals surface area contributed by atoms with Crippen molar-refractivity contribution in [1.82, 2.24) is 9.97 Å². The van der Waals surface area contributed by atoms with Crippen LogP contribution in [-0.4, -0.2) is 9.97 Å². The number of hydrogen-bond acceptors (Lipinski definition) is 2. The van der Waals surface area contributed by atoms with Gasteiger partial charge in [0.15, 0.2) is 0 Å². The number of H-pyrrole nitrogens is 1. The summed E-state index contributed by atoms with van der Waals surface area (Å²) in [5.74, 6) is 0.961. The highest BCUT2D eigenvalue weighted by Gasteiger charge is 2.17. The summed E-state index contributed by atoms with van der Waals surface area (Å²) >= 11 is 0. The topological polar surface area (TPSA) is 54.7 Å². The number of nitrogens with two attached hydrogens (primary N) is 1. The van der Waals surface area contributed by atoms with E-state index in [2.05, 4.69) is 23.8 Å². The van der Waals surface area contributed by atoms with Crippen molar-refractivity contribution in [3.05, 3.63) is 41.6 Å².